The van der Waals surface area contributed by atoms with Crippen molar-refractivity contribution in [3.05, 3.63) is 60.3 Å². The van der Waals surface area contributed by atoms with Crippen molar-refractivity contribution in [1.29, 1.82) is 0 Å². The van der Waals surface area contributed by atoms with E-state index >= 15 is 0 Å². The Morgan fingerprint density at radius 1 is 1.00 bits per heavy atom. The third-order valence-corrected chi connectivity index (χ3v) is 2.94. The summed E-state index contributed by atoms with van der Waals surface area (Å²) in [6.07, 6.45) is 5.39. The van der Waals surface area contributed by atoms with E-state index in [1.54, 1.807) is 12.4 Å². The Kier molecular flexibility index (Phi) is 3.06. The van der Waals surface area contributed by atoms with Crippen LogP contribution in [0.3, 0.4) is 0 Å². The molecule has 0 aliphatic heterocycles. The average Bonchev–Trinajstić information content (AvgIpc) is 2.47. The van der Waals surface area contributed by atoms with Gasteiger partial charge in [-0.2, -0.15) is 0 Å². The van der Waals surface area contributed by atoms with Gasteiger partial charge in [-0.05, 0) is 19.1 Å². The number of hydrogen-bond donors (Lipinski definition) is 1. The molecule has 0 aliphatic rings. The molecule has 0 radical (unpaired) electrons. The summed E-state index contributed by atoms with van der Waals surface area (Å²) in [6.45, 7) is 2.59. The third kappa shape index (κ3) is 2.52. The summed E-state index contributed by atoms with van der Waals surface area (Å²) in [7, 11) is 0. The van der Waals surface area contributed by atoms with Gasteiger partial charge < -0.3 is 5.32 Å². The second kappa shape index (κ2) is 5.02. The highest BCUT2D eigenvalue weighted by Gasteiger charge is 2.01. The van der Waals surface area contributed by atoms with Gasteiger partial charge in [0.15, 0.2) is 0 Å². The number of rotatable bonds is 3. The maximum Gasteiger partial charge on any atom is 0.0777 e. The van der Waals surface area contributed by atoms with Crippen molar-refractivity contribution in [3.8, 4) is 0 Å². The first-order valence-corrected chi connectivity index (χ1v) is 6.18. The van der Waals surface area contributed by atoms with Crippen LogP contribution in [0, 0.1) is 6.92 Å². The SMILES string of the molecule is Cc1cnc(CNc2ccnc3ccccc23)cn1. The molecule has 19 heavy (non-hydrogen) atoms. The van der Waals surface area contributed by atoms with Crippen molar-refractivity contribution in [1.82, 2.24) is 15.0 Å². The zero-order valence-corrected chi connectivity index (χ0v) is 10.7. The number of fused-ring (bicyclic) bond motifs is 1. The number of benzene rings is 1. The molecule has 0 amide bonds. The molecule has 1 N–H and O–H groups in total. The molecule has 0 unspecified atom stereocenters. The van der Waals surface area contributed by atoms with E-state index in [9.17, 15) is 0 Å². The van der Waals surface area contributed by atoms with Gasteiger partial charge in [0.2, 0.25) is 0 Å². The fourth-order valence-corrected chi connectivity index (χ4v) is 1.95. The number of anilines is 1. The summed E-state index contributed by atoms with van der Waals surface area (Å²) >= 11 is 0. The maximum absolute atomic E-state index is 4.34. The average molecular weight is 250 g/mol. The van der Waals surface area contributed by atoms with Gasteiger partial charge in [0.25, 0.3) is 0 Å². The Morgan fingerprint density at radius 2 is 1.89 bits per heavy atom. The van der Waals surface area contributed by atoms with E-state index in [1.807, 2.05) is 37.4 Å². The van der Waals surface area contributed by atoms with E-state index in [0.29, 0.717) is 6.54 Å². The van der Waals surface area contributed by atoms with Crippen LogP contribution in [0.15, 0.2) is 48.9 Å². The van der Waals surface area contributed by atoms with Crippen LogP contribution in [-0.2, 0) is 6.54 Å². The molecule has 0 atom stereocenters. The summed E-state index contributed by atoms with van der Waals surface area (Å²) in [4.78, 5) is 12.9. The van der Waals surface area contributed by atoms with Crippen LogP contribution in [0.1, 0.15) is 11.4 Å². The largest absolute Gasteiger partial charge is 0.379 e. The molecule has 1 aromatic carbocycles. The van der Waals surface area contributed by atoms with E-state index in [4.69, 9.17) is 0 Å². The zero-order valence-electron chi connectivity index (χ0n) is 10.7. The van der Waals surface area contributed by atoms with Crippen molar-refractivity contribution in [2.24, 2.45) is 0 Å². The molecule has 0 spiro atoms. The van der Waals surface area contributed by atoms with E-state index in [2.05, 4.69) is 26.3 Å². The highest BCUT2D eigenvalue weighted by Crippen LogP contribution is 2.21. The molecule has 0 bridgehead atoms. The van der Waals surface area contributed by atoms with Crippen molar-refractivity contribution >= 4 is 16.6 Å². The molecule has 4 heteroatoms. The summed E-state index contributed by atoms with van der Waals surface area (Å²) < 4.78 is 0. The Morgan fingerprint density at radius 3 is 2.74 bits per heavy atom. The van der Waals surface area contributed by atoms with Crippen LogP contribution in [0.5, 0.6) is 0 Å². The van der Waals surface area contributed by atoms with Crippen molar-refractivity contribution in [2.45, 2.75) is 13.5 Å². The number of nitrogens with zero attached hydrogens (tertiary/aromatic N) is 3. The summed E-state index contributed by atoms with van der Waals surface area (Å²) in [5, 5.41) is 4.50. The van der Waals surface area contributed by atoms with Crippen molar-refractivity contribution in [3.63, 3.8) is 0 Å². The minimum atomic E-state index is 0.654. The molecular weight excluding hydrogens is 236 g/mol. The first-order valence-electron chi connectivity index (χ1n) is 6.18. The van der Waals surface area contributed by atoms with Gasteiger partial charge in [0, 0.05) is 23.5 Å². The van der Waals surface area contributed by atoms with Gasteiger partial charge in [-0.25, -0.2) is 0 Å². The third-order valence-electron chi connectivity index (χ3n) is 2.94. The molecule has 0 aliphatic carbocycles. The van der Waals surface area contributed by atoms with Crippen LogP contribution >= 0.6 is 0 Å². The second-order valence-corrected chi connectivity index (χ2v) is 4.38. The molecule has 3 aromatic rings. The van der Waals surface area contributed by atoms with Crippen LogP contribution in [0.4, 0.5) is 5.69 Å². The molecule has 3 rings (SSSR count). The Labute approximate surface area is 111 Å². The van der Waals surface area contributed by atoms with Crippen LogP contribution in [0.2, 0.25) is 0 Å². The highest BCUT2D eigenvalue weighted by atomic mass is 14.9. The fraction of sp³-hybridized carbons (Fsp3) is 0.133. The van der Waals surface area contributed by atoms with Gasteiger partial charge in [0.1, 0.15) is 0 Å². The van der Waals surface area contributed by atoms with E-state index in [1.165, 1.54) is 0 Å². The first kappa shape index (κ1) is 11.6. The van der Waals surface area contributed by atoms with Gasteiger partial charge >= 0.3 is 0 Å². The number of aromatic nitrogens is 3. The molecule has 4 nitrogen and oxygen atoms in total. The van der Waals surface area contributed by atoms with Crippen molar-refractivity contribution in [2.75, 3.05) is 5.32 Å². The van der Waals surface area contributed by atoms with E-state index < -0.39 is 0 Å². The second-order valence-electron chi connectivity index (χ2n) is 4.38. The minimum absolute atomic E-state index is 0.654. The Bertz CT molecular complexity index is 687. The smallest absolute Gasteiger partial charge is 0.0777 e. The standard InChI is InChI=1S/C15H14N4/c1-11-8-18-12(9-17-11)10-19-15-6-7-16-14-5-3-2-4-13(14)15/h2-9H,10H2,1H3,(H,16,19). The Hall–Kier alpha value is -2.49. The zero-order chi connectivity index (χ0) is 13.1. The topological polar surface area (TPSA) is 50.7 Å². The summed E-state index contributed by atoms with van der Waals surface area (Å²) in [5.41, 5.74) is 3.90. The lowest BCUT2D eigenvalue weighted by molar-refractivity contribution is 0.985. The van der Waals surface area contributed by atoms with Gasteiger partial charge in [-0.1, -0.05) is 18.2 Å². The van der Waals surface area contributed by atoms with Crippen LogP contribution in [0.25, 0.3) is 10.9 Å². The lowest BCUT2D eigenvalue weighted by Gasteiger charge is -2.08. The molecule has 0 fully saturated rings. The van der Waals surface area contributed by atoms with Crippen LogP contribution in [-0.4, -0.2) is 15.0 Å². The minimum Gasteiger partial charge on any atom is -0.379 e. The quantitative estimate of drug-likeness (QED) is 0.776. The van der Waals surface area contributed by atoms with Gasteiger partial charge in [0.05, 0.1) is 29.6 Å². The lowest BCUT2D eigenvalue weighted by Crippen LogP contribution is -2.03. The normalized spacial score (nSPS) is 10.6. The molecule has 0 saturated carbocycles. The van der Waals surface area contributed by atoms with Gasteiger partial charge in [-0.15, -0.1) is 0 Å². The lowest BCUT2D eigenvalue weighted by atomic mass is 10.2. The van der Waals surface area contributed by atoms with E-state index in [-0.39, 0.29) is 0 Å². The monoisotopic (exact) mass is 250 g/mol. The molecule has 0 saturated heterocycles. The maximum atomic E-state index is 4.34. The predicted octanol–water partition coefficient (Wildman–Crippen LogP) is 2.95. The number of aryl methyl sites for hydroxylation is 1. The summed E-state index contributed by atoms with van der Waals surface area (Å²) in [5.74, 6) is 0. The number of nitrogens with one attached hydrogen (secondary N) is 1. The molecule has 94 valence electrons. The molecular formula is C15H14N4. The number of para-hydroxylation sites is 1. The van der Waals surface area contributed by atoms with E-state index in [0.717, 1.165) is 28.0 Å². The summed E-state index contributed by atoms with van der Waals surface area (Å²) in [6, 6.07) is 10.0. The number of hydrogen-bond acceptors (Lipinski definition) is 4. The Balaban J connectivity index is 1.84. The number of pyridine rings is 1. The highest BCUT2D eigenvalue weighted by molar-refractivity contribution is 5.90. The first-order chi connectivity index (χ1) is 9.33. The van der Waals surface area contributed by atoms with Gasteiger partial charge in [-0.3, -0.25) is 15.0 Å². The van der Waals surface area contributed by atoms with Crippen LogP contribution < -0.4 is 5.32 Å². The van der Waals surface area contributed by atoms with Crippen molar-refractivity contribution < 1.29 is 0 Å². The predicted molar refractivity (Wildman–Crippen MR) is 75.8 cm³/mol. The molecule has 2 aromatic heterocycles. The fourth-order valence-electron chi connectivity index (χ4n) is 1.95. The molecule has 2 heterocycles.